The summed E-state index contributed by atoms with van der Waals surface area (Å²) < 4.78 is 50.7. The van der Waals surface area contributed by atoms with Gasteiger partial charge in [-0.25, -0.2) is 21.6 Å². The minimum atomic E-state index is -3.77. The highest BCUT2D eigenvalue weighted by Gasteiger charge is 2.42. The number of hydrogen-bond donors (Lipinski definition) is 2. The second-order valence-electron chi connectivity index (χ2n) is 5.38. The van der Waals surface area contributed by atoms with Gasteiger partial charge in [-0.2, -0.15) is 0 Å². The van der Waals surface area contributed by atoms with E-state index in [1.54, 1.807) is 19.2 Å². The smallest absolute Gasteiger partial charge is 0.242 e. The highest BCUT2D eigenvalue weighted by Crippen LogP contribution is 2.30. The van der Waals surface area contributed by atoms with Crippen molar-refractivity contribution in [3.8, 4) is 0 Å². The minimum Gasteiger partial charge on any atom is -0.326 e. The third-order valence-electron chi connectivity index (χ3n) is 3.33. The van der Waals surface area contributed by atoms with Gasteiger partial charge in [-0.1, -0.05) is 0 Å². The van der Waals surface area contributed by atoms with Gasteiger partial charge in [0.1, 0.15) is 4.90 Å². The van der Waals surface area contributed by atoms with Gasteiger partial charge >= 0.3 is 0 Å². The van der Waals surface area contributed by atoms with E-state index in [0.29, 0.717) is 10.4 Å². The van der Waals surface area contributed by atoms with Crippen molar-refractivity contribution in [3.05, 3.63) is 15.8 Å². The highest BCUT2D eigenvalue weighted by molar-refractivity contribution is 7.92. The lowest BCUT2D eigenvalue weighted by Crippen LogP contribution is -2.47. The third-order valence-corrected chi connectivity index (χ3v) is 8.35. The first-order valence-electron chi connectivity index (χ1n) is 6.10. The average molecular weight is 338 g/mol. The van der Waals surface area contributed by atoms with Crippen LogP contribution < -0.4 is 10.5 Å². The van der Waals surface area contributed by atoms with Crippen LogP contribution in [0.1, 0.15) is 23.8 Å². The van der Waals surface area contributed by atoms with Gasteiger partial charge in [0.05, 0.1) is 11.5 Å². The van der Waals surface area contributed by atoms with Crippen molar-refractivity contribution in [2.45, 2.75) is 37.2 Å². The highest BCUT2D eigenvalue weighted by atomic mass is 32.2. The number of sulfonamides is 1. The molecule has 1 fully saturated rings. The van der Waals surface area contributed by atoms with Crippen LogP contribution in [0.2, 0.25) is 0 Å². The fraction of sp³-hybridized carbons (Fsp3) is 0.636. The Kier molecular flexibility index (Phi) is 4.02. The standard InChI is InChI=1S/C11H18N2O4S3/c1-8-6-18-9(5-12)10(8)20(16,17)13-11(2)3-4-19(14,15)7-11/h6,13H,3-5,7,12H2,1-2H3. The number of aryl methyl sites for hydroxylation is 1. The van der Waals surface area contributed by atoms with Gasteiger partial charge in [-0.15, -0.1) is 11.3 Å². The van der Waals surface area contributed by atoms with Crippen LogP contribution in [0.5, 0.6) is 0 Å². The van der Waals surface area contributed by atoms with Gasteiger partial charge in [0.15, 0.2) is 9.84 Å². The topological polar surface area (TPSA) is 106 Å². The Morgan fingerprint density at radius 1 is 1.50 bits per heavy atom. The Bertz CT molecular complexity index is 721. The van der Waals surface area contributed by atoms with Crippen LogP contribution in [0, 0.1) is 6.92 Å². The van der Waals surface area contributed by atoms with Gasteiger partial charge in [0.2, 0.25) is 10.0 Å². The molecule has 2 rings (SSSR count). The SMILES string of the molecule is Cc1csc(CN)c1S(=O)(=O)NC1(C)CCS(=O)(=O)C1. The minimum absolute atomic E-state index is 0.0123. The van der Waals surface area contributed by atoms with E-state index in [2.05, 4.69) is 4.72 Å². The van der Waals surface area contributed by atoms with E-state index in [4.69, 9.17) is 5.73 Å². The van der Waals surface area contributed by atoms with Gasteiger partial charge in [0, 0.05) is 17.0 Å². The van der Waals surface area contributed by atoms with Crippen molar-refractivity contribution < 1.29 is 16.8 Å². The Hall–Kier alpha value is -0.480. The van der Waals surface area contributed by atoms with Crippen LogP contribution in [-0.4, -0.2) is 33.9 Å². The van der Waals surface area contributed by atoms with Crippen molar-refractivity contribution in [2.24, 2.45) is 5.73 Å². The molecule has 0 aliphatic carbocycles. The molecule has 0 spiro atoms. The maximum atomic E-state index is 12.5. The summed E-state index contributed by atoms with van der Waals surface area (Å²) in [5.41, 5.74) is 5.25. The fourth-order valence-electron chi connectivity index (χ4n) is 2.46. The molecule has 0 aromatic carbocycles. The number of nitrogens with two attached hydrogens (primary N) is 1. The zero-order chi connectivity index (χ0) is 15.2. The summed E-state index contributed by atoms with van der Waals surface area (Å²) in [5, 5.41) is 1.74. The summed E-state index contributed by atoms with van der Waals surface area (Å²) in [6.07, 6.45) is 0.287. The average Bonchev–Trinajstić information content (AvgIpc) is 2.78. The first-order chi connectivity index (χ1) is 9.09. The largest absolute Gasteiger partial charge is 0.326 e. The zero-order valence-electron chi connectivity index (χ0n) is 11.3. The summed E-state index contributed by atoms with van der Waals surface area (Å²) in [6, 6.07) is 0. The molecule has 0 bridgehead atoms. The van der Waals surface area contributed by atoms with E-state index in [-0.39, 0.29) is 29.4 Å². The molecule has 1 aromatic heterocycles. The lowest BCUT2D eigenvalue weighted by molar-refractivity contribution is 0.461. The molecule has 1 atom stereocenters. The maximum Gasteiger partial charge on any atom is 0.242 e. The Balaban J connectivity index is 2.35. The monoisotopic (exact) mass is 338 g/mol. The van der Waals surface area contributed by atoms with Crippen LogP contribution in [0.15, 0.2) is 10.3 Å². The summed E-state index contributed by atoms with van der Waals surface area (Å²) in [5.74, 6) is -0.154. The van der Waals surface area contributed by atoms with Crippen molar-refractivity contribution >= 4 is 31.2 Å². The van der Waals surface area contributed by atoms with Crippen LogP contribution in [0.4, 0.5) is 0 Å². The molecular formula is C11H18N2O4S3. The molecule has 1 aromatic rings. The van der Waals surface area contributed by atoms with Gasteiger partial charge in [-0.05, 0) is 31.2 Å². The van der Waals surface area contributed by atoms with E-state index >= 15 is 0 Å². The van der Waals surface area contributed by atoms with E-state index < -0.39 is 25.4 Å². The fourth-order valence-corrected chi connectivity index (χ4v) is 7.78. The van der Waals surface area contributed by atoms with Crippen molar-refractivity contribution in [2.75, 3.05) is 11.5 Å². The Morgan fingerprint density at radius 3 is 2.65 bits per heavy atom. The normalized spacial score (nSPS) is 25.9. The van der Waals surface area contributed by atoms with Gasteiger partial charge in [0.25, 0.3) is 0 Å². The number of thiophene rings is 1. The van der Waals surface area contributed by atoms with E-state index in [1.807, 2.05) is 0 Å². The predicted molar refractivity (Wildman–Crippen MR) is 78.9 cm³/mol. The van der Waals surface area contributed by atoms with Crippen LogP contribution in [0.3, 0.4) is 0 Å². The molecule has 0 amide bonds. The number of nitrogens with one attached hydrogen (secondary N) is 1. The molecule has 3 N–H and O–H groups in total. The predicted octanol–water partition coefficient (Wildman–Crippen LogP) is 0.371. The van der Waals surface area contributed by atoms with Gasteiger partial charge in [-0.3, -0.25) is 0 Å². The first-order valence-corrected chi connectivity index (χ1v) is 10.3. The molecule has 114 valence electrons. The quantitative estimate of drug-likeness (QED) is 0.825. The third kappa shape index (κ3) is 3.06. The number of hydrogen-bond acceptors (Lipinski definition) is 6. The second-order valence-corrected chi connectivity index (χ2v) is 10.2. The lowest BCUT2D eigenvalue weighted by Gasteiger charge is -2.24. The molecule has 6 nitrogen and oxygen atoms in total. The molecule has 1 unspecified atom stereocenters. The molecule has 9 heteroatoms. The van der Waals surface area contributed by atoms with Crippen molar-refractivity contribution in [3.63, 3.8) is 0 Å². The summed E-state index contributed by atoms with van der Waals surface area (Å²) in [4.78, 5) is 0.773. The second kappa shape index (κ2) is 5.06. The van der Waals surface area contributed by atoms with E-state index in [1.165, 1.54) is 11.3 Å². The van der Waals surface area contributed by atoms with Crippen LogP contribution >= 0.6 is 11.3 Å². The zero-order valence-corrected chi connectivity index (χ0v) is 13.8. The summed E-state index contributed by atoms with van der Waals surface area (Å²) in [7, 11) is -6.94. The molecule has 20 heavy (non-hydrogen) atoms. The lowest BCUT2D eigenvalue weighted by atomic mass is 10.0. The maximum absolute atomic E-state index is 12.5. The first kappa shape index (κ1) is 15.9. The van der Waals surface area contributed by atoms with Crippen molar-refractivity contribution in [1.82, 2.24) is 4.72 Å². The van der Waals surface area contributed by atoms with E-state index in [9.17, 15) is 16.8 Å². The molecular weight excluding hydrogens is 320 g/mol. The van der Waals surface area contributed by atoms with Gasteiger partial charge < -0.3 is 5.73 Å². The van der Waals surface area contributed by atoms with E-state index in [0.717, 1.165) is 0 Å². The number of sulfone groups is 1. The molecule has 1 aliphatic rings. The molecule has 1 saturated heterocycles. The molecule has 0 saturated carbocycles. The van der Waals surface area contributed by atoms with Crippen LogP contribution in [-0.2, 0) is 26.4 Å². The molecule has 2 heterocycles. The Labute approximate surface area is 123 Å². The van der Waals surface area contributed by atoms with Crippen LogP contribution in [0.25, 0.3) is 0 Å². The number of rotatable bonds is 4. The molecule has 0 radical (unpaired) electrons. The van der Waals surface area contributed by atoms with Crippen molar-refractivity contribution in [1.29, 1.82) is 0 Å². The molecule has 1 aliphatic heterocycles. The Morgan fingerprint density at radius 2 is 2.15 bits per heavy atom. The summed E-state index contributed by atoms with van der Waals surface area (Å²) in [6.45, 7) is 3.47. The summed E-state index contributed by atoms with van der Waals surface area (Å²) >= 11 is 1.30.